The Labute approximate surface area is 537 Å². The number of nitrogens with zero attached hydrogens (tertiary/aromatic N) is 4. The van der Waals surface area contributed by atoms with Gasteiger partial charge in [-0.25, -0.2) is 4.79 Å². The molecule has 506 valence electrons. The van der Waals surface area contributed by atoms with E-state index in [0.717, 1.165) is 10.5 Å². The van der Waals surface area contributed by atoms with Crippen molar-refractivity contribution < 1.29 is 72.1 Å². The monoisotopic (exact) mass is 1270 g/mol. The Morgan fingerprint density at radius 1 is 0.769 bits per heavy atom. The number of imide groups is 1. The molecule has 25 nitrogen and oxygen atoms in total. The zero-order chi connectivity index (χ0) is 67.9. The highest BCUT2D eigenvalue weighted by atomic mass is 16.5. The number of hydrogen-bond acceptors (Lipinski definition) is 14. The van der Waals surface area contributed by atoms with E-state index in [-0.39, 0.29) is 91.2 Å². The summed E-state index contributed by atoms with van der Waals surface area (Å²) in [5.74, 6) is -5.43. The third-order valence-electron chi connectivity index (χ3n) is 17.7. The summed E-state index contributed by atoms with van der Waals surface area (Å²) in [7, 11) is 8.22. The van der Waals surface area contributed by atoms with Crippen LogP contribution < -0.4 is 37.6 Å². The minimum atomic E-state index is -1.10. The molecule has 0 spiro atoms. The van der Waals surface area contributed by atoms with Gasteiger partial charge in [0.25, 0.3) is 17.7 Å². The summed E-state index contributed by atoms with van der Waals surface area (Å²) in [6, 6.07) is 9.29. The number of unbranched alkanes of at least 4 members (excludes halogenated alkanes) is 2. The number of hydrogen-bond donors (Lipinski definition) is 9. The molecule has 0 saturated carbocycles. The van der Waals surface area contributed by atoms with Gasteiger partial charge in [-0.1, -0.05) is 104 Å². The van der Waals surface area contributed by atoms with E-state index in [1.165, 1.54) is 26.4 Å². The van der Waals surface area contributed by atoms with Crippen molar-refractivity contribution in [1.29, 1.82) is 0 Å². The fourth-order valence-electron chi connectivity index (χ4n) is 12.0. The number of amides is 11. The molecule has 0 aromatic heterocycles. The highest BCUT2D eigenvalue weighted by Crippen LogP contribution is 2.31. The number of likely N-dealkylation sites (N-methyl/N-ethyl adjacent to an activating group) is 2. The van der Waals surface area contributed by atoms with Crippen molar-refractivity contribution in [2.24, 2.45) is 29.4 Å². The highest BCUT2D eigenvalue weighted by molar-refractivity contribution is 6.12. The predicted octanol–water partition coefficient (Wildman–Crippen LogP) is 3.42. The van der Waals surface area contributed by atoms with Crippen LogP contribution in [0.5, 0.6) is 0 Å². The van der Waals surface area contributed by atoms with Gasteiger partial charge >= 0.3 is 6.03 Å². The summed E-state index contributed by atoms with van der Waals surface area (Å²) in [4.78, 5) is 138. The maximum Gasteiger partial charge on any atom is 0.312 e. The molecule has 11 amide bonds. The van der Waals surface area contributed by atoms with Crippen molar-refractivity contribution in [2.75, 3.05) is 66.9 Å². The highest BCUT2D eigenvalue weighted by Gasteiger charge is 2.44. The number of anilines is 1. The quantitative estimate of drug-likeness (QED) is 0.0264. The normalized spacial score (nSPS) is 17.8. The van der Waals surface area contributed by atoms with Gasteiger partial charge in [0.1, 0.15) is 31.3 Å². The summed E-state index contributed by atoms with van der Waals surface area (Å²) < 4.78 is 12.0. The summed E-state index contributed by atoms with van der Waals surface area (Å²) >= 11 is 0. The Balaban J connectivity index is 1.41. The van der Waals surface area contributed by atoms with E-state index in [1.54, 1.807) is 95.0 Å². The molecule has 10 N–H and O–H groups in total. The van der Waals surface area contributed by atoms with Crippen LogP contribution in [0, 0.1) is 23.7 Å². The number of urea groups is 1. The molecule has 2 aliphatic rings. The standard InChI is InChI=1S/C66H103N11O14/c1-14-42(6)58(51(90-12)37-55(82)75-36-22-26-49(75)60(91-13)43(7)61(84)69-44(8)59(83)46-23-17-15-18-24-46)74(9)65(88)57(41(4)5)73-63(86)50(39-78)77(10,11)38-45-28-30-47(31-29-45)70-62(85)48(25-21-34-68-66(67)89)71-64(87)56(40(2)3)72-52(79)27-19-16-20-35-76-53(80)32-33-54(76)81/h15,17-18,23-24,28-33,40-44,48-51,56-60,78,83H,14,16,19-22,25-27,34-39H2,1-13H3,(H7-,67,68,69,70,71,72,73,79,84,85,86,87,89)/p+1/t42-,43+,44+,48-,49-,50+,51+,56-,57-,58-,59+,60+/m0/s1. The smallest absolute Gasteiger partial charge is 0.312 e. The lowest BCUT2D eigenvalue weighted by atomic mass is 9.89. The number of methoxy groups -OCH3 is 2. The number of aliphatic hydroxyl groups is 2. The van der Waals surface area contributed by atoms with Crippen LogP contribution in [-0.2, 0) is 59.2 Å². The van der Waals surface area contributed by atoms with Crippen molar-refractivity contribution in [2.45, 2.75) is 187 Å². The third-order valence-corrected chi connectivity index (χ3v) is 17.7. The third kappa shape index (κ3) is 22.2. The maximum absolute atomic E-state index is 14.8. The van der Waals surface area contributed by atoms with Crippen molar-refractivity contribution in [3.05, 3.63) is 77.9 Å². The molecule has 1 fully saturated rings. The molecular weight excluding hydrogens is 1170 g/mol. The second-order valence-corrected chi connectivity index (χ2v) is 25.5. The van der Waals surface area contributed by atoms with Crippen LogP contribution in [-0.4, -0.2) is 205 Å². The first kappa shape index (κ1) is 76.1. The zero-order valence-corrected chi connectivity index (χ0v) is 55.7. The van der Waals surface area contributed by atoms with Gasteiger partial charge in [-0.15, -0.1) is 0 Å². The van der Waals surface area contributed by atoms with Crippen LogP contribution in [0.25, 0.3) is 0 Å². The minimum absolute atomic E-state index is 0.0460. The van der Waals surface area contributed by atoms with E-state index in [9.17, 15) is 58.2 Å². The molecule has 0 radical (unpaired) electrons. The number of likely N-dealkylation sites (tertiary alicyclic amines) is 1. The Morgan fingerprint density at radius 2 is 1.41 bits per heavy atom. The van der Waals surface area contributed by atoms with E-state index in [2.05, 4.69) is 31.9 Å². The summed E-state index contributed by atoms with van der Waals surface area (Å²) in [5.41, 5.74) is 7.04. The summed E-state index contributed by atoms with van der Waals surface area (Å²) in [5, 5.41) is 38.6. The van der Waals surface area contributed by atoms with Crippen LogP contribution in [0.4, 0.5) is 10.5 Å². The molecule has 2 aromatic rings. The van der Waals surface area contributed by atoms with Crippen LogP contribution >= 0.6 is 0 Å². The number of carbonyl (C=O) groups is 10. The van der Waals surface area contributed by atoms with Gasteiger partial charge in [0, 0.05) is 70.7 Å². The van der Waals surface area contributed by atoms with Crippen LogP contribution in [0.2, 0.25) is 0 Å². The lowest BCUT2D eigenvalue weighted by Gasteiger charge is -2.41. The Hall–Kier alpha value is -7.32. The lowest BCUT2D eigenvalue weighted by Crippen LogP contribution is -2.62. The average molecular weight is 1280 g/mol. The Bertz CT molecular complexity index is 2770. The number of nitrogens with two attached hydrogens (primary N) is 1. The molecule has 2 aromatic carbocycles. The molecule has 91 heavy (non-hydrogen) atoms. The second kappa shape index (κ2) is 36.7. The molecule has 0 bridgehead atoms. The van der Waals surface area contributed by atoms with Gasteiger partial charge in [-0.2, -0.15) is 0 Å². The first-order valence-corrected chi connectivity index (χ1v) is 32.0. The fraction of sp³-hybridized carbons (Fsp3) is 0.636. The van der Waals surface area contributed by atoms with E-state index < -0.39 is 109 Å². The lowest BCUT2D eigenvalue weighted by molar-refractivity contribution is -0.919. The Morgan fingerprint density at radius 3 is 1.98 bits per heavy atom. The summed E-state index contributed by atoms with van der Waals surface area (Å²) in [6.07, 6.45) is 3.86. The molecule has 0 aliphatic carbocycles. The first-order valence-electron chi connectivity index (χ1n) is 32.0. The SMILES string of the molecule is CC[C@H](C)[C@@H]([C@@H](CC(=O)N1CCC[C@H]1[C@H](OC)[C@@H](C)C(=O)N[C@H](C)[C@@H](O)c1ccccc1)OC)N(C)C(=O)[C@@H](NC(=O)[C@@H](CO)[N+](C)(C)Cc1ccc(NC(=O)[C@H](CCCNC(N)=O)NC(=O)[C@@H](NC(=O)CCCCCN2C(=O)C=CC2=O)C(C)C)cc1)C(C)C. The van der Waals surface area contributed by atoms with Gasteiger partial charge in [0.15, 0.2) is 6.04 Å². The van der Waals surface area contributed by atoms with Crippen molar-refractivity contribution >= 4 is 64.9 Å². The molecule has 12 atom stereocenters. The first-order chi connectivity index (χ1) is 43.0. The largest absolute Gasteiger partial charge is 0.390 e. The van der Waals surface area contributed by atoms with Crippen LogP contribution in [0.15, 0.2) is 66.7 Å². The molecule has 1 saturated heterocycles. The maximum atomic E-state index is 14.8. The molecule has 25 heteroatoms. The number of quaternary nitrogens is 1. The van der Waals surface area contributed by atoms with Crippen LogP contribution in [0.3, 0.4) is 0 Å². The zero-order valence-electron chi connectivity index (χ0n) is 55.7. The van der Waals surface area contributed by atoms with E-state index in [4.69, 9.17) is 15.2 Å². The molecule has 4 rings (SSSR count). The number of aliphatic hydroxyl groups excluding tert-OH is 2. The van der Waals surface area contributed by atoms with Gasteiger partial charge in [-0.05, 0) is 80.9 Å². The van der Waals surface area contributed by atoms with E-state index in [0.29, 0.717) is 56.3 Å². The fourth-order valence-corrected chi connectivity index (χ4v) is 12.0. The predicted molar refractivity (Wildman–Crippen MR) is 344 cm³/mol. The molecule has 2 aliphatic heterocycles. The summed E-state index contributed by atoms with van der Waals surface area (Å²) in [6.45, 7) is 15.0. The van der Waals surface area contributed by atoms with Gasteiger partial charge in [-0.3, -0.25) is 48.1 Å². The number of carbonyl (C=O) groups excluding carboxylic acids is 10. The number of primary amides is 1. The van der Waals surface area contributed by atoms with Crippen molar-refractivity contribution in [3.63, 3.8) is 0 Å². The number of rotatable bonds is 38. The Kier molecular flexibility index (Phi) is 30.7. The van der Waals surface area contributed by atoms with Gasteiger partial charge < -0.3 is 71.6 Å². The van der Waals surface area contributed by atoms with E-state index >= 15 is 0 Å². The second-order valence-electron chi connectivity index (χ2n) is 25.5. The number of ether oxygens (including phenoxy) is 2. The molecule has 2 heterocycles. The minimum Gasteiger partial charge on any atom is -0.390 e. The van der Waals surface area contributed by atoms with E-state index in [1.807, 2.05) is 45.9 Å². The molecule has 0 unspecified atom stereocenters. The topological polar surface area (TPSA) is 338 Å². The molecular formula is C66H104N11O14+. The van der Waals surface area contributed by atoms with Crippen molar-refractivity contribution in [3.8, 4) is 0 Å². The average Bonchev–Trinajstić information content (AvgIpc) is 3.02. The van der Waals surface area contributed by atoms with Crippen molar-refractivity contribution in [1.82, 2.24) is 41.3 Å². The number of benzene rings is 2. The van der Waals surface area contributed by atoms with Crippen LogP contribution in [0.1, 0.15) is 137 Å². The van der Waals surface area contributed by atoms with Gasteiger partial charge in [0.2, 0.25) is 35.4 Å². The van der Waals surface area contributed by atoms with Gasteiger partial charge in [0.05, 0.1) is 62.9 Å². The number of nitrogens with one attached hydrogen (secondary N) is 6.